The first-order valence-corrected chi connectivity index (χ1v) is 9.84. The molecule has 1 atom stereocenters. The summed E-state index contributed by atoms with van der Waals surface area (Å²) in [7, 11) is 1.34. The summed E-state index contributed by atoms with van der Waals surface area (Å²) < 4.78 is 25.9. The van der Waals surface area contributed by atoms with E-state index in [1.54, 1.807) is 22.0 Å². The fraction of sp³-hybridized carbons (Fsp3) is 0.333. The molecule has 9 nitrogen and oxygen atoms in total. The number of benzene rings is 1. The maximum Gasteiger partial charge on any atom is 0.414 e. The zero-order valence-electron chi connectivity index (χ0n) is 17.2. The van der Waals surface area contributed by atoms with Gasteiger partial charge in [0.25, 0.3) is 0 Å². The Morgan fingerprint density at radius 1 is 1.29 bits per heavy atom. The summed E-state index contributed by atoms with van der Waals surface area (Å²) in [6.45, 7) is 2.27. The fourth-order valence-electron chi connectivity index (χ4n) is 3.70. The Morgan fingerprint density at radius 3 is 2.77 bits per heavy atom. The summed E-state index contributed by atoms with van der Waals surface area (Å²) in [5, 5.41) is 13.4. The van der Waals surface area contributed by atoms with Crippen molar-refractivity contribution in [3.05, 3.63) is 48.3 Å². The normalized spacial score (nSPS) is 15.5. The number of ether oxygens (including phenoxy) is 2. The summed E-state index contributed by atoms with van der Waals surface area (Å²) >= 11 is 0. The van der Waals surface area contributed by atoms with E-state index in [9.17, 15) is 14.3 Å². The largest absolute Gasteiger partial charge is 0.452 e. The average Bonchev–Trinajstić information content (AvgIpc) is 3.23. The number of carbonyl (C=O) groups excluding carboxylic acids is 1. The van der Waals surface area contributed by atoms with Gasteiger partial charge < -0.3 is 14.6 Å². The molecule has 1 aromatic carbocycles. The smallest absolute Gasteiger partial charge is 0.414 e. The summed E-state index contributed by atoms with van der Waals surface area (Å²) in [5.74, 6) is -0.105. The standard InChI is InChI=1S/C21H22FN5O4/c1-13-3-4-17-18(27(13)21(29)30-2)6-5-16(14-9-25-26(12-14)7-8-28)19(17)31-20-23-10-15(22)11-24-20/h5-6,9-13,28H,3-4,7-8H2,1-2H3. The molecule has 162 valence electrons. The topological polar surface area (TPSA) is 103 Å². The van der Waals surface area contributed by atoms with Crippen molar-refractivity contribution < 1.29 is 23.8 Å². The molecular formula is C21H22FN5O4. The van der Waals surface area contributed by atoms with Gasteiger partial charge in [-0.3, -0.25) is 9.58 Å². The minimum Gasteiger partial charge on any atom is -0.452 e. The van der Waals surface area contributed by atoms with Crippen LogP contribution in [-0.2, 0) is 17.7 Å². The van der Waals surface area contributed by atoms with Gasteiger partial charge in [0.2, 0.25) is 0 Å². The fourth-order valence-corrected chi connectivity index (χ4v) is 3.70. The molecule has 31 heavy (non-hydrogen) atoms. The van der Waals surface area contributed by atoms with Crippen molar-refractivity contribution in [3.8, 4) is 22.9 Å². The first-order valence-electron chi connectivity index (χ1n) is 9.84. The maximum atomic E-state index is 13.3. The lowest BCUT2D eigenvalue weighted by atomic mass is 9.92. The molecule has 0 saturated carbocycles. The van der Waals surface area contributed by atoms with Crippen molar-refractivity contribution in [2.45, 2.75) is 32.4 Å². The Labute approximate surface area is 178 Å². The van der Waals surface area contributed by atoms with Gasteiger partial charge in [0, 0.05) is 28.9 Å². The lowest BCUT2D eigenvalue weighted by Gasteiger charge is -2.35. The van der Waals surface area contributed by atoms with Crippen LogP contribution in [0.1, 0.15) is 18.9 Å². The number of fused-ring (bicyclic) bond motifs is 1. The van der Waals surface area contributed by atoms with E-state index in [0.717, 1.165) is 29.1 Å². The van der Waals surface area contributed by atoms with Crippen LogP contribution in [-0.4, -0.2) is 50.7 Å². The van der Waals surface area contributed by atoms with E-state index in [1.165, 1.54) is 7.11 Å². The van der Waals surface area contributed by atoms with Gasteiger partial charge in [-0.2, -0.15) is 5.10 Å². The highest BCUT2D eigenvalue weighted by atomic mass is 19.1. The van der Waals surface area contributed by atoms with Gasteiger partial charge in [0.15, 0.2) is 5.82 Å². The number of aliphatic hydroxyl groups excluding tert-OH is 1. The lowest BCUT2D eigenvalue weighted by molar-refractivity contribution is 0.175. The number of amides is 1. The highest BCUT2D eigenvalue weighted by Crippen LogP contribution is 2.44. The molecule has 1 unspecified atom stereocenters. The highest BCUT2D eigenvalue weighted by molar-refractivity contribution is 5.92. The number of hydrogen-bond donors (Lipinski definition) is 1. The highest BCUT2D eigenvalue weighted by Gasteiger charge is 2.32. The summed E-state index contributed by atoms with van der Waals surface area (Å²) in [6, 6.07) is 3.61. The van der Waals surface area contributed by atoms with Crippen LogP contribution in [0.4, 0.5) is 14.9 Å². The third kappa shape index (κ3) is 4.06. The van der Waals surface area contributed by atoms with Crippen molar-refractivity contribution in [2.75, 3.05) is 18.6 Å². The van der Waals surface area contributed by atoms with E-state index in [4.69, 9.17) is 9.47 Å². The van der Waals surface area contributed by atoms with E-state index in [0.29, 0.717) is 30.8 Å². The van der Waals surface area contributed by atoms with Crippen LogP contribution in [0.15, 0.2) is 36.9 Å². The second-order valence-corrected chi connectivity index (χ2v) is 7.17. The third-order valence-corrected chi connectivity index (χ3v) is 5.18. The molecular weight excluding hydrogens is 405 g/mol. The maximum absolute atomic E-state index is 13.3. The molecule has 2 aromatic heterocycles. The predicted molar refractivity (Wildman–Crippen MR) is 109 cm³/mol. The molecule has 0 bridgehead atoms. The number of anilines is 1. The Bertz CT molecular complexity index is 1090. The molecule has 0 fully saturated rings. The van der Waals surface area contributed by atoms with Crippen LogP contribution in [0.2, 0.25) is 0 Å². The van der Waals surface area contributed by atoms with Crippen molar-refractivity contribution in [1.29, 1.82) is 0 Å². The molecule has 10 heteroatoms. The zero-order valence-corrected chi connectivity index (χ0v) is 17.2. The molecule has 1 aliphatic heterocycles. The molecule has 0 aliphatic carbocycles. The second-order valence-electron chi connectivity index (χ2n) is 7.17. The first kappa shape index (κ1) is 20.7. The van der Waals surface area contributed by atoms with Crippen LogP contribution in [0.3, 0.4) is 0 Å². The Morgan fingerprint density at radius 2 is 2.06 bits per heavy atom. The molecule has 1 aliphatic rings. The van der Waals surface area contributed by atoms with Gasteiger partial charge in [-0.1, -0.05) is 0 Å². The molecule has 0 spiro atoms. The molecule has 0 radical (unpaired) electrons. The van der Waals surface area contributed by atoms with E-state index < -0.39 is 11.9 Å². The van der Waals surface area contributed by atoms with E-state index in [1.807, 2.05) is 19.1 Å². The molecule has 1 N–H and O–H groups in total. The second kappa shape index (κ2) is 8.68. The molecule has 1 amide bonds. The summed E-state index contributed by atoms with van der Waals surface area (Å²) in [4.78, 5) is 21.8. The van der Waals surface area contributed by atoms with Crippen LogP contribution in [0.25, 0.3) is 11.1 Å². The zero-order chi connectivity index (χ0) is 22.0. The molecule has 3 heterocycles. The number of aliphatic hydroxyl groups is 1. The van der Waals surface area contributed by atoms with Crippen molar-refractivity contribution in [3.63, 3.8) is 0 Å². The number of aromatic nitrogens is 4. The van der Waals surface area contributed by atoms with Gasteiger partial charge in [0.1, 0.15) is 5.75 Å². The van der Waals surface area contributed by atoms with E-state index >= 15 is 0 Å². The summed E-state index contributed by atoms with van der Waals surface area (Å²) in [6.07, 6.45) is 6.41. The quantitative estimate of drug-likeness (QED) is 0.667. The Hall–Kier alpha value is -3.53. The number of rotatable bonds is 5. The van der Waals surface area contributed by atoms with Gasteiger partial charge in [-0.25, -0.2) is 19.2 Å². The predicted octanol–water partition coefficient (Wildman–Crippen LogP) is 3.17. The molecule has 0 saturated heterocycles. The van der Waals surface area contributed by atoms with Crippen molar-refractivity contribution >= 4 is 11.8 Å². The molecule has 3 aromatic rings. The van der Waals surface area contributed by atoms with Crippen molar-refractivity contribution in [2.24, 2.45) is 0 Å². The third-order valence-electron chi connectivity index (χ3n) is 5.18. The minimum atomic E-state index is -0.571. The number of methoxy groups -OCH3 is 1. The average molecular weight is 427 g/mol. The van der Waals surface area contributed by atoms with E-state index in [2.05, 4.69) is 15.1 Å². The van der Waals surface area contributed by atoms with E-state index in [-0.39, 0.29) is 18.7 Å². The Balaban J connectivity index is 1.85. The van der Waals surface area contributed by atoms with Gasteiger partial charge in [-0.05, 0) is 31.9 Å². The van der Waals surface area contributed by atoms with Crippen LogP contribution in [0, 0.1) is 5.82 Å². The van der Waals surface area contributed by atoms with Crippen molar-refractivity contribution in [1.82, 2.24) is 19.7 Å². The number of carbonyl (C=O) groups is 1. The minimum absolute atomic E-state index is 0.0120. The van der Waals surface area contributed by atoms with Gasteiger partial charge in [-0.15, -0.1) is 0 Å². The summed E-state index contributed by atoms with van der Waals surface area (Å²) in [5.41, 5.74) is 2.95. The Kier molecular flexibility index (Phi) is 5.81. The van der Waals surface area contributed by atoms with Crippen LogP contribution in [0.5, 0.6) is 11.8 Å². The van der Waals surface area contributed by atoms with Crippen LogP contribution < -0.4 is 9.64 Å². The number of hydrogen-bond acceptors (Lipinski definition) is 7. The van der Waals surface area contributed by atoms with Gasteiger partial charge in [0.05, 0.1) is 44.5 Å². The van der Waals surface area contributed by atoms with Gasteiger partial charge >= 0.3 is 12.1 Å². The lowest BCUT2D eigenvalue weighted by Crippen LogP contribution is -2.42. The monoisotopic (exact) mass is 427 g/mol. The SMILES string of the molecule is COC(=O)N1c2ccc(-c3cnn(CCO)c3)c(Oc3ncc(F)cn3)c2CCC1C. The molecule has 4 rings (SSSR count). The first-order chi connectivity index (χ1) is 15.0. The number of nitrogens with zero attached hydrogens (tertiary/aromatic N) is 5. The number of halogens is 1. The van der Waals surface area contributed by atoms with Crippen LogP contribution >= 0.6 is 0 Å².